The Bertz CT molecular complexity index is 543. The van der Waals surface area contributed by atoms with Gasteiger partial charge in [0.05, 0.1) is 4.92 Å². The van der Waals surface area contributed by atoms with Gasteiger partial charge < -0.3 is 15.5 Å². The van der Waals surface area contributed by atoms with Gasteiger partial charge in [0.1, 0.15) is 5.56 Å². The summed E-state index contributed by atoms with van der Waals surface area (Å²) in [5.41, 5.74) is 0.0547. The molecule has 0 spiro atoms. The van der Waals surface area contributed by atoms with Crippen LogP contribution < -0.4 is 5.32 Å². The second-order valence-electron chi connectivity index (χ2n) is 4.12. The van der Waals surface area contributed by atoms with Crippen LogP contribution in [0.5, 0.6) is 0 Å². The average Bonchev–Trinajstić information content (AvgIpc) is 2.37. The quantitative estimate of drug-likeness (QED) is 0.513. The number of carbonyl (C=O) groups is 2. The molecule has 0 aliphatic carbocycles. The SMILES string of the molecule is Cc1cccc([N+](=O)[O-])c1C(=O)NCC[C@H](O)C(=O)O. The largest absolute Gasteiger partial charge is 0.479 e. The molecule has 108 valence electrons. The summed E-state index contributed by atoms with van der Waals surface area (Å²) in [6, 6.07) is 4.25. The number of nitrogens with zero attached hydrogens (tertiary/aromatic N) is 1. The Labute approximate surface area is 114 Å². The number of carboxylic acids is 1. The van der Waals surface area contributed by atoms with E-state index in [9.17, 15) is 19.7 Å². The monoisotopic (exact) mass is 282 g/mol. The minimum Gasteiger partial charge on any atom is -0.479 e. The first kappa shape index (κ1) is 15.6. The lowest BCUT2D eigenvalue weighted by Gasteiger charge is -2.09. The van der Waals surface area contributed by atoms with E-state index in [4.69, 9.17) is 10.2 Å². The molecule has 3 N–H and O–H groups in total. The van der Waals surface area contributed by atoms with Crippen LogP contribution in [0.3, 0.4) is 0 Å². The predicted octanol–water partition coefficient (Wildman–Crippen LogP) is 0.469. The Balaban J connectivity index is 2.78. The van der Waals surface area contributed by atoms with Crippen LogP contribution in [0.4, 0.5) is 5.69 Å². The zero-order valence-corrected chi connectivity index (χ0v) is 10.7. The lowest BCUT2D eigenvalue weighted by Crippen LogP contribution is -2.30. The molecule has 0 aromatic heterocycles. The minimum absolute atomic E-state index is 0.0673. The molecule has 1 rings (SSSR count). The molecule has 8 nitrogen and oxygen atoms in total. The van der Waals surface area contributed by atoms with Crippen LogP contribution in [0.1, 0.15) is 22.3 Å². The highest BCUT2D eigenvalue weighted by molar-refractivity contribution is 5.99. The van der Waals surface area contributed by atoms with Crippen molar-refractivity contribution in [3.63, 3.8) is 0 Å². The van der Waals surface area contributed by atoms with Crippen LogP contribution in [-0.4, -0.2) is 39.7 Å². The van der Waals surface area contributed by atoms with Crippen molar-refractivity contribution >= 4 is 17.6 Å². The number of nitro benzene ring substituents is 1. The number of hydrogen-bond donors (Lipinski definition) is 3. The fraction of sp³-hybridized carbons (Fsp3) is 0.333. The molecule has 20 heavy (non-hydrogen) atoms. The van der Waals surface area contributed by atoms with Gasteiger partial charge in [0, 0.05) is 19.0 Å². The number of aliphatic hydroxyl groups excluding tert-OH is 1. The van der Waals surface area contributed by atoms with Gasteiger partial charge in [-0.05, 0) is 12.5 Å². The fourth-order valence-corrected chi connectivity index (χ4v) is 1.63. The van der Waals surface area contributed by atoms with Crippen LogP contribution in [0, 0.1) is 17.0 Å². The van der Waals surface area contributed by atoms with Crippen LogP contribution in [0.2, 0.25) is 0 Å². The first-order valence-electron chi connectivity index (χ1n) is 5.77. The van der Waals surface area contributed by atoms with E-state index >= 15 is 0 Å². The number of amides is 1. The van der Waals surface area contributed by atoms with Crippen LogP contribution in [0.25, 0.3) is 0 Å². The molecule has 0 bridgehead atoms. The van der Waals surface area contributed by atoms with Gasteiger partial charge >= 0.3 is 5.97 Å². The van der Waals surface area contributed by atoms with Gasteiger partial charge in [0.25, 0.3) is 11.6 Å². The highest BCUT2D eigenvalue weighted by atomic mass is 16.6. The van der Waals surface area contributed by atoms with Gasteiger partial charge in [0.15, 0.2) is 6.10 Å². The highest BCUT2D eigenvalue weighted by Gasteiger charge is 2.22. The van der Waals surface area contributed by atoms with E-state index in [1.54, 1.807) is 13.0 Å². The van der Waals surface area contributed by atoms with Gasteiger partial charge in [-0.2, -0.15) is 0 Å². The molecule has 1 aromatic carbocycles. The number of carboxylic acid groups (broad SMARTS) is 1. The van der Waals surface area contributed by atoms with Gasteiger partial charge in [0.2, 0.25) is 0 Å². The predicted molar refractivity (Wildman–Crippen MR) is 68.4 cm³/mol. The Morgan fingerprint density at radius 2 is 2.10 bits per heavy atom. The summed E-state index contributed by atoms with van der Waals surface area (Å²) < 4.78 is 0. The van der Waals surface area contributed by atoms with Crippen LogP contribution >= 0.6 is 0 Å². The van der Waals surface area contributed by atoms with Crippen molar-refractivity contribution in [2.75, 3.05) is 6.54 Å². The summed E-state index contributed by atoms with van der Waals surface area (Å²) in [4.78, 5) is 32.5. The number of rotatable bonds is 6. The van der Waals surface area contributed by atoms with Crippen molar-refractivity contribution in [1.29, 1.82) is 0 Å². The first-order chi connectivity index (χ1) is 9.34. The van der Waals surface area contributed by atoms with Gasteiger partial charge in [-0.1, -0.05) is 12.1 Å². The minimum atomic E-state index is -1.58. The van der Waals surface area contributed by atoms with Crippen molar-refractivity contribution in [3.05, 3.63) is 39.4 Å². The van der Waals surface area contributed by atoms with E-state index in [1.165, 1.54) is 12.1 Å². The smallest absolute Gasteiger partial charge is 0.332 e. The number of aliphatic hydroxyl groups is 1. The molecule has 0 heterocycles. The maximum atomic E-state index is 11.9. The molecule has 1 amide bonds. The van der Waals surface area contributed by atoms with Crippen molar-refractivity contribution in [2.45, 2.75) is 19.4 Å². The molecular formula is C12H14N2O6. The normalized spacial score (nSPS) is 11.7. The number of benzene rings is 1. The molecule has 0 aliphatic rings. The summed E-state index contributed by atoms with van der Waals surface area (Å²) in [7, 11) is 0. The van der Waals surface area contributed by atoms with Crippen molar-refractivity contribution in [1.82, 2.24) is 5.32 Å². The standard InChI is InChI=1S/C12H14N2O6/c1-7-3-2-4-8(14(19)20)10(7)11(16)13-6-5-9(15)12(17)18/h2-4,9,15H,5-6H2,1H3,(H,13,16)(H,17,18)/t9-/m0/s1. The molecular weight excluding hydrogens is 268 g/mol. The third-order valence-corrected chi connectivity index (χ3v) is 2.66. The van der Waals surface area contributed by atoms with Crippen molar-refractivity contribution in [2.24, 2.45) is 0 Å². The summed E-state index contributed by atoms with van der Waals surface area (Å²) in [6.45, 7) is 1.46. The summed E-state index contributed by atoms with van der Waals surface area (Å²) in [6.07, 6.45) is -1.76. The highest BCUT2D eigenvalue weighted by Crippen LogP contribution is 2.21. The third-order valence-electron chi connectivity index (χ3n) is 2.66. The number of carbonyl (C=O) groups excluding carboxylic acids is 1. The number of nitro groups is 1. The van der Waals surface area contributed by atoms with Crippen molar-refractivity contribution < 1.29 is 24.7 Å². The van der Waals surface area contributed by atoms with Crippen molar-refractivity contribution in [3.8, 4) is 0 Å². The zero-order chi connectivity index (χ0) is 15.3. The molecule has 0 unspecified atom stereocenters. The van der Waals surface area contributed by atoms with Gasteiger partial charge in [-0.15, -0.1) is 0 Å². The summed E-state index contributed by atoms with van der Waals surface area (Å²) in [5, 5.41) is 30.7. The van der Waals surface area contributed by atoms with E-state index < -0.39 is 22.9 Å². The van der Waals surface area contributed by atoms with Gasteiger partial charge in [-0.25, -0.2) is 4.79 Å². The first-order valence-corrected chi connectivity index (χ1v) is 5.77. The number of hydrogen-bond acceptors (Lipinski definition) is 5. The summed E-state index contributed by atoms with van der Waals surface area (Å²) in [5.74, 6) is -2.06. The molecule has 0 fully saturated rings. The third kappa shape index (κ3) is 3.75. The van der Waals surface area contributed by atoms with E-state index in [-0.39, 0.29) is 24.2 Å². The van der Waals surface area contributed by atoms with E-state index in [2.05, 4.69) is 5.32 Å². The summed E-state index contributed by atoms with van der Waals surface area (Å²) >= 11 is 0. The number of aryl methyl sites for hydroxylation is 1. The average molecular weight is 282 g/mol. The number of aliphatic carboxylic acids is 1. The Morgan fingerprint density at radius 1 is 1.45 bits per heavy atom. The lowest BCUT2D eigenvalue weighted by molar-refractivity contribution is -0.385. The zero-order valence-electron chi connectivity index (χ0n) is 10.7. The maximum Gasteiger partial charge on any atom is 0.332 e. The molecule has 1 atom stereocenters. The Morgan fingerprint density at radius 3 is 2.65 bits per heavy atom. The molecule has 0 saturated carbocycles. The second-order valence-corrected chi connectivity index (χ2v) is 4.12. The Hall–Kier alpha value is -2.48. The van der Waals surface area contributed by atoms with Crippen LogP contribution in [-0.2, 0) is 4.79 Å². The fourth-order valence-electron chi connectivity index (χ4n) is 1.63. The van der Waals surface area contributed by atoms with E-state index in [0.717, 1.165) is 0 Å². The molecule has 1 aromatic rings. The van der Waals surface area contributed by atoms with Gasteiger partial charge in [-0.3, -0.25) is 14.9 Å². The molecule has 0 saturated heterocycles. The number of nitrogens with one attached hydrogen (secondary N) is 1. The van der Waals surface area contributed by atoms with Crippen LogP contribution in [0.15, 0.2) is 18.2 Å². The lowest BCUT2D eigenvalue weighted by atomic mass is 10.1. The molecule has 0 aliphatic heterocycles. The Kier molecular flexibility index (Phi) is 5.15. The second kappa shape index (κ2) is 6.62. The van der Waals surface area contributed by atoms with E-state index in [0.29, 0.717) is 5.56 Å². The maximum absolute atomic E-state index is 11.9. The molecule has 0 radical (unpaired) electrons. The topological polar surface area (TPSA) is 130 Å². The van der Waals surface area contributed by atoms with E-state index in [1.807, 2.05) is 0 Å². The molecule has 8 heteroatoms.